The van der Waals surface area contributed by atoms with E-state index in [1.165, 1.54) is 0 Å². The maximum Gasteiger partial charge on any atom is 0.151 e. The Morgan fingerprint density at radius 2 is 1.09 bits per heavy atom. The second-order valence-electron chi connectivity index (χ2n) is 8.67. The minimum absolute atomic E-state index is 0.119. The van der Waals surface area contributed by atoms with Gasteiger partial charge in [-0.15, -0.1) is 0 Å². The highest BCUT2D eigenvalue weighted by Crippen LogP contribution is 2.47. The fourth-order valence-corrected chi connectivity index (χ4v) is 4.04. The lowest BCUT2D eigenvalue weighted by Gasteiger charge is -2.31. The highest BCUT2D eigenvalue weighted by molar-refractivity contribution is 5.85. The van der Waals surface area contributed by atoms with Crippen LogP contribution in [0.25, 0.3) is 0 Å². The van der Waals surface area contributed by atoms with E-state index < -0.39 is 0 Å². The summed E-state index contributed by atoms with van der Waals surface area (Å²) in [6.45, 7) is 9.84. The van der Waals surface area contributed by atoms with E-state index in [-0.39, 0.29) is 17.2 Å². The fraction of sp³-hybridized carbons (Fsp3) is 0.172. The van der Waals surface area contributed by atoms with Crippen LogP contribution < -0.4 is 9.64 Å². The monoisotopic (exact) mass is 455 g/mol. The Morgan fingerprint density at radius 3 is 1.68 bits per heavy atom. The lowest BCUT2D eigenvalue weighted by molar-refractivity contribution is 0.453. The largest absolute Gasteiger partial charge is 0.508 e. The third-order valence-electron chi connectivity index (χ3n) is 6.23. The Bertz CT molecular complexity index is 1320. The van der Waals surface area contributed by atoms with Gasteiger partial charge in [-0.3, -0.25) is 0 Å². The minimum atomic E-state index is 0.119. The summed E-state index contributed by atoms with van der Waals surface area (Å²) in [7, 11) is 0. The summed E-state index contributed by atoms with van der Waals surface area (Å²) < 4.78 is 6.32. The number of hydrogen-bond acceptors (Lipinski definition) is 5. The number of rotatable bonds is 5. The molecule has 0 aliphatic rings. The first-order valence-corrected chi connectivity index (χ1v) is 11.1. The molecule has 4 aromatic rings. The normalized spacial score (nSPS) is 10.9. The van der Waals surface area contributed by atoms with E-state index in [4.69, 9.17) is 4.74 Å². The van der Waals surface area contributed by atoms with Crippen LogP contribution >= 0.6 is 0 Å². The van der Waals surface area contributed by atoms with Crippen molar-refractivity contribution in [2.45, 2.75) is 34.6 Å². The van der Waals surface area contributed by atoms with E-state index in [1.54, 1.807) is 42.5 Å². The molecule has 0 heterocycles. The van der Waals surface area contributed by atoms with Crippen LogP contribution in [0.4, 0.5) is 17.1 Å². The Kier molecular flexibility index (Phi) is 6.12. The molecule has 0 aromatic heterocycles. The van der Waals surface area contributed by atoms with Gasteiger partial charge < -0.3 is 25.0 Å². The molecule has 4 aromatic carbocycles. The second-order valence-corrected chi connectivity index (χ2v) is 8.67. The van der Waals surface area contributed by atoms with Crippen molar-refractivity contribution in [2.75, 3.05) is 4.90 Å². The number of aryl methyl sites for hydroxylation is 3. The van der Waals surface area contributed by atoms with Gasteiger partial charge in [0.05, 0.1) is 17.1 Å². The topological polar surface area (TPSA) is 73.2 Å². The number of benzene rings is 4. The van der Waals surface area contributed by atoms with Crippen molar-refractivity contribution < 1.29 is 20.1 Å². The molecule has 5 heteroatoms. The van der Waals surface area contributed by atoms with Gasteiger partial charge in [-0.25, -0.2) is 0 Å². The van der Waals surface area contributed by atoms with Crippen LogP contribution in [0.1, 0.15) is 27.8 Å². The quantitative estimate of drug-likeness (QED) is 0.289. The smallest absolute Gasteiger partial charge is 0.151 e. The number of anilines is 3. The van der Waals surface area contributed by atoms with Gasteiger partial charge in [0.15, 0.2) is 5.75 Å². The maximum atomic E-state index is 10.5. The number of para-hydroxylation sites is 2. The van der Waals surface area contributed by atoms with Crippen LogP contribution in [-0.2, 0) is 0 Å². The Hall–Kier alpha value is -4.12. The summed E-state index contributed by atoms with van der Waals surface area (Å²) in [5.41, 5.74) is 7.01. The predicted molar refractivity (Wildman–Crippen MR) is 136 cm³/mol. The summed E-state index contributed by atoms with van der Waals surface area (Å²) in [6.07, 6.45) is 0. The molecule has 0 spiro atoms. The van der Waals surface area contributed by atoms with Crippen LogP contribution in [0.3, 0.4) is 0 Å². The summed E-state index contributed by atoms with van der Waals surface area (Å²) in [4.78, 5) is 2.00. The van der Waals surface area contributed by atoms with Crippen molar-refractivity contribution in [1.29, 1.82) is 0 Å². The van der Waals surface area contributed by atoms with Gasteiger partial charge in [-0.2, -0.15) is 0 Å². The Morgan fingerprint density at radius 1 is 0.529 bits per heavy atom. The molecule has 4 rings (SSSR count). The lowest BCUT2D eigenvalue weighted by atomic mass is 10.0. The predicted octanol–water partition coefficient (Wildman–Crippen LogP) is 7.61. The molecule has 34 heavy (non-hydrogen) atoms. The number of phenols is 3. The molecule has 0 fully saturated rings. The zero-order valence-electron chi connectivity index (χ0n) is 20.0. The van der Waals surface area contributed by atoms with Gasteiger partial charge in [0.2, 0.25) is 0 Å². The number of nitrogens with zero attached hydrogens (tertiary/aromatic N) is 1. The van der Waals surface area contributed by atoms with Gasteiger partial charge in [-0.05, 0) is 92.8 Å². The first-order chi connectivity index (χ1) is 16.2. The van der Waals surface area contributed by atoms with Crippen LogP contribution in [0, 0.1) is 34.6 Å². The second kappa shape index (κ2) is 9.02. The molecule has 5 nitrogen and oxygen atoms in total. The van der Waals surface area contributed by atoms with E-state index in [0.717, 1.165) is 44.9 Å². The molecular formula is C29H29NO4. The van der Waals surface area contributed by atoms with Crippen molar-refractivity contribution in [3.05, 3.63) is 94.5 Å². The molecule has 0 saturated heterocycles. The number of ether oxygens (including phenoxy) is 1. The highest BCUT2D eigenvalue weighted by Gasteiger charge is 2.23. The summed E-state index contributed by atoms with van der Waals surface area (Å²) in [5.74, 6) is 1.53. The average Bonchev–Trinajstić information content (AvgIpc) is 2.78. The summed E-state index contributed by atoms with van der Waals surface area (Å²) >= 11 is 0. The van der Waals surface area contributed by atoms with Gasteiger partial charge in [-0.1, -0.05) is 18.2 Å². The maximum absolute atomic E-state index is 10.5. The molecule has 0 bridgehead atoms. The molecular weight excluding hydrogens is 426 g/mol. The zero-order chi connectivity index (χ0) is 24.6. The summed E-state index contributed by atoms with van der Waals surface area (Å²) in [5, 5.41) is 31.0. The van der Waals surface area contributed by atoms with Crippen molar-refractivity contribution in [3.63, 3.8) is 0 Å². The number of phenolic OH excluding ortho intramolecular Hbond substituents is 3. The highest BCUT2D eigenvalue weighted by atomic mass is 16.5. The number of aromatic hydroxyl groups is 3. The van der Waals surface area contributed by atoms with E-state index >= 15 is 0 Å². The van der Waals surface area contributed by atoms with E-state index in [1.807, 2.05) is 63.8 Å². The first-order valence-electron chi connectivity index (χ1n) is 11.1. The number of hydrogen-bond donors (Lipinski definition) is 3. The van der Waals surface area contributed by atoms with Crippen molar-refractivity contribution in [1.82, 2.24) is 0 Å². The van der Waals surface area contributed by atoms with Gasteiger partial charge in [0, 0.05) is 18.2 Å². The zero-order valence-corrected chi connectivity index (χ0v) is 20.0. The molecule has 174 valence electrons. The van der Waals surface area contributed by atoms with Gasteiger partial charge in [0.25, 0.3) is 0 Å². The van der Waals surface area contributed by atoms with Crippen LogP contribution in [0.15, 0.2) is 66.7 Å². The van der Waals surface area contributed by atoms with Gasteiger partial charge >= 0.3 is 0 Å². The SMILES string of the molecule is Cc1ccc(O)cc1Oc1ccccc1N(c1cc(O)cc(C)c1C)c1cc(O)cc(C)c1C. The van der Waals surface area contributed by atoms with Crippen molar-refractivity contribution in [2.24, 2.45) is 0 Å². The van der Waals surface area contributed by atoms with E-state index in [0.29, 0.717) is 11.5 Å². The first kappa shape index (κ1) is 23.1. The third kappa shape index (κ3) is 4.37. The van der Waals surface area contributed by atoms with Crippen molar-refractivity contribution in [3.8, 4) is 28.7 Å². The molecule has 0 saturated carbocycles. The Labute approximate surface area is 200 Å². The third-order valence-corrected chi connectivity index (χ3v) is 6.23. The molecule has 0 atom stereocenters. The standard InChI is InChI=1S/C29H29NO4/c1-17-10-11-22(31)16-29(17)34-28-9-7-6-8-25(28)30(26-14-23(32)12-18(2)20(26)4)27-15-24(33)13-19(3)21(27)5/h6-16,31-33H,1-5H3. The molecule has 0 amide bonds. The lowest BCUT2D eigenvalue weighted by Crippen LogP contribution is -2.14. The Balaban J connectivity index is 1.99. The van der Waals surface area contributed by atoms with Crippen LogP contribution in [0.5, 0.6) is 28.7 Å². The van der Waals surface area contributed by atoms with Gasteiger partial charge in [0.1, 0.15) is 23.0 Å². The summed E-state index contributed by atoms with van der Waals surface area (Å²) in [6, 6.07) is 19.5. The van der Waals surface area contributed by atoms with Crippen LogP contribution in [0.2, 0.25) is 0 Å². The average molecular weight is 456 g/mol. The molecule has 0 unspecified atom stereocenters. The molecule has 3 N–H and O–H groups in total. The van der Waals surface area contributed by atoms with E-state index in [2.05, 4.69) is 0 Å². The van der Waals surface area contributed by atoms with Crippen LogP contribution in [-0.4, -0.2) is 15.3 Å². The fourth-order valence-electron chi connectivity index (χ4n) is 4.04. The molecule has 0 radical (unpaired) electrons. The minimum Gasteiger partial charge on any atom is -0.508 e. The molecule has 0 aliphatic heterocycles. The molecule has 0 aliphatic carbocycles. The van der Waals surface area contributed by atoms with Crippen molar-refractivity contribution >= 4 is 17.1 Å². The van der Waals surface area contributed by atoms with E-state index in [9.17, 15) is 15.3 Å².